The van der Waals surface area contributed by atoms with Crippen molar-refractivity contribution in [1.29, 1.82) is 0 Å². The fraction of sp³-hybridized carbons (Fsp3) is 0.810. The minimum absolute atomic E-state index is 0.0649. The number of rotatable bonds is 16. The largest absolute Gasteiger partial charge is 0.324 e. The van der Waals surface area contributed by atoms with Gasteiger partial charge in [0.15, 0.2) is 0 Å². The highest BCUT2D eigenvalue weighted by molar-refractivity contribution is 6.01. The van der Waals surface area contributed by atoms with E-state index in [9.17, 15) is 9.59 Å². The number of carbonyl (C=O) groups excluding carboxylic acids is 2. The molecule has 0 spiro atoms. The first-order valence-electron chi connectivity index (χ1n) is 18.5. The molecule has 46 heavy (non-hydrogen) atoms. The van der Waals surface area contributed by atoms with Crippen molar-refractivity contribution >= 4 is 23.2 Å². The maximum absolute atomic E-state index is 14.0. The highest BCUT2D eigenvalue weighted by Gasteiger charge is 2.32. The van der Waals surface area contributed by atoms with E-state index in [-0.39, 0.29) is 57.1 Å². The first-order chi connectivity index (χ1) is 20.8. The number of carbonyl (C=O) groups is 2. The molecule has 0 bridgehead atoms. The van der Waals surface area contributed by atoms with Crippen LogP contribution in [-0.4, -0.2) is 11.8 Å². The Bertz CT molecular complexity index is 978. The van der Waals surface area contributed by atoms with Gasteiger partial charge in [-0.05, 0) is 109 Å². The van der Waals surface area contributed by atoms with E-state index >= 15 is 0 Å². The third-order valence-corrected chi connectivity index (χ3v) is 9.22. The summed E-state index contributed by atoms with van der Waals surface area (Å²) >= 11 is 0. The number of para-hydroxylation sites is 2. The van der Waals surface area contributed by atoms with Crippen LogP contribution in [0.15, 0.2) is 24.3 Å². The first kappa shape index (κ1) is 42.2. The normalized spacial score (nSPS) is 17.0. The second-order valence-electron chi connectivity index (χ2n) is 20.1. The fourth-order valence-corrected chi connectivity index (χ4v) is 7.94. The molecule has 1 aromatic rings. The summed E-state index contributed by atoms with van der Waals surface area (Å²) in [6, 6.07) is 7.75. The molecule has 1 rings (SSSR count). The third-order valence-electron chi connectivity index (χ3n) is 9.22. The molecule has 2 amide bonds. The van der Waals surface area contributed by atoms with Crippen LogP contribution < -0.4 is 10.6 Å². The zero-order valence-electron chi connectivity index (χ0n) is 33.2. The minimum Gasteiger partial charge on any atom is -0.324 e. The van der Waals surface area contributed by atoms with Gasteiger partial charge in [-0.1, -0.05) is 123 Å². The van der Waals surface area contributed by atoms with E-state index in [1.807, 2.05) is 24.3 Å². The van der Waals surface area contributed by atoms with Gasteiger partial charge in [-0.3, -0.25) is 9.59 Å². The molecule has 0 aliphatic rings. The van der Waals surface area contributed by atoms with Gasteiger partial charge in [-0.15, -0.1) is 0 Å². The number of benzene rings is 1. The smallest absolute Gasteiger partial charge is 0.227 e. The zero-order valence-corrected chi connectivity index (χ0v) is 33.2. The van der Waals surface area contributed by atoms with E-state index in [1.54, 1.807) is 0 Å². The van der Waals surface area contributed by atoms with Crippen LogP contribution in [0.1, 0.15) is 162 Å². The van der Waals surface area contributed by atoms with Gasteiger partial charge in [0.2, 0.25) is 11.8 Å². The fourth-order valence-electron chi connectivity index (χ4n) is 7.94. The van der Waals surface area contributed by atoms with Crippen LogP contribution in [0.5, 0.6) is 0 Å². The van der Waals surface area contributed by atoms with Crippen LogP contribution in [0, 0.1) is 57.2 Å². The van der Waals surface area contributed by atoms with Crippen LogP contribution >= 0.6 is 0 Å². The van der Waals surface area contributed by atoms with Crippen molar-refractivity contribution in [2.45, 2.75) is 162 Å². The van der Waals surface area contributed by atoms with E-state index in [4.69, 9.17) is 0 Å². The molecule has 2 N–H and O–H groups in total. The van der Waals surface area contributed by atoms with Crippen molar-refractivity contribution in [3.8, 4) is 0 Å². The Morgan fingerprint density at radius 1 is 0.500 bits per heavy atom. The Balaban J connectivity index is 3.22. The Labute approximate surface area is 286 Å². The Morgan fingerprint density at radius 3 is 1.04 bits per heavy atom. The molecule has 0 heterocycles. The predicted molar refractivity (Wildman–Crippen MR) is 202 cm³/mol. The van der Waals surface area contributed by atoms with Gasteiger partial charge in [0.1, 0.15) is 0 Å². The number of anilines is 2. The van der Waals surface area contributed by atoms with Gasteiger partial charge in [0.25, 0.3) is 0 Å². The molecule has 0 radical (unpaired) electrons. The summed E-state index contributed by atoms with van der Waals surface area (Å²) in [6.07, 6.45) is 8.06. The van der Waals surface area contributed by atoms with Crippen molar-refractivity contribution < 1.29 is 9.59 Å². The average molecular weight is 641 g/mol. The summed E-state index contributed by atoms with van der Waals surface area (Å²) in [5.41, 5.74) is 2.23. The molecule has 6 atom stereocenters. The predicted octanol–water partition coefficient (Wildman–Crippen LogP) is 12.6. The van der Waals surface area contributed by atoms with Crippen molar-refractivity contribution in [3.63, 3.8) is 0 Å². The van der Waals surface area contributed by atoms with Crippen molar-refractivity contribution in [2.24, 2.45) is 57.2 Å². The molecule has 266 valence electrons. The summed E-state index contributed by atoms with van der Waals surface area (Å²) in [4.78, 5) is 28.1. The summed E-state index contributed by atoms with van der Waals surface area (Å²) in [6.45, 7) is 36.4. The van der Waals surface area contributed by atoms with Crippen LogP contribution in [0.2, 0.25) is 0 Å². The molecule has 0 aromatic heterocycles. The molecule has 6 unspecified atom stereocenters. The Hall–Kier alpha value is -1.84. The van der Waals surface area contributed by atoms with E-state index < -0.39 is 0 Å². The molecule has 0 saturated carbocycles. The Kier molecular flexibility index (Phi) is 16.1. The molecule has 4 heteroatoms. The maximum atomic E-state index is 14.0. The SMILES string of the molecule is CC(CCC(C(=O)Nc1ccccc1NC(=O)C(CCC(C)CC(C)(C)C)C(C)CC(C)(C)C)C(C)CC(C)(C)C)CC(C)(C)C. The molecule has 1 aromatic carbocycles. The average Bonchev–Trinajstić information content (AvgIpc) is 2.81. The number of amides is 2. The van der Waals surface area contributed by atoms with Gasteiger partial charge in [0.05, 0.1) is 11.4 Å². The molecule has 0 aliphatic heterocycles. The highest BCUT2D eigenvalue weighted by atomic mass is 16.2. The lowest BCUT2D eigenvalue weighted by Crippen LogP contribution is -2.32. The van der Waals surface area contributed by atoms with Crippen LogP contribution in [-0.2, 0) is 9.59 Å². The van der Waals surface area contributed by atoms with Crippen LogP contribution in [0.25, 0.3) is 0 Å². The monoisotopic (exact) mass is 641 g/mol. The lowest BCUT2D eigenvalue weighted by molar-refractivity contribution is -0.123. The van der Waals surface area contributed by atoms with Gasteiger partial charge >= 0.3 is 0 Å². The highest BCUT2D eigenvalue weighted by Crippen LogP contribution is 2.37. The quantitative estimate of drug-likeness (QED) is 0.189. The number of hydrogen-bond acceptors (Lipinski definition) is 2. The molecular formula is C42H76N2O2. The number of nitrogens with one attached hydrogen (secondary N) is 2. The van der Waals surface area contributed by atoms with Crippen molar-refractivity contribution in [3.05, 3.63) is 24.3 Å². The second-order valence-corrected chi connectivity index (χ2v) is 20.1. The zero-order chi connectivity index (χ0) is 35.7. The van der Waals surface area contributed by atoms with Gasteiger partial charge in [-0.25, -0.2) is 0 Å². The van der Waals surface area contributed by atoms with E-state index in [1.165, 1.54) is 0 Å². The summed E-state index contributed by atoms with van der Waals surface area (Å²) in [5.74, 6) is 1.57. The lowest BCUT2D eigenvalue weighted by Gasteiger charge is -2.31. The van der Waals surface area contributed by atoms with Crippen molar-refractivity contribution in [1.82, 2.24) is 0 Å². The molecule has 0 aliphatic carbocycles. The van der Waals surface area contributed by atoms with Gasteiger partial charge in [-0.2, -0.15) is 0 Å². The van der Waals surface area contributed by atoms with E-state index in [0.29, 0.717) is 23.2 Å². The van der Waals surface area contributed by atoms with E-state index in [0.717, 1.165) is 51.4 Å². The second kappa shape index (κ2) is 17.5. The molecule has 0 fully saturated rings. The topological polar surface area (TPSA) is 58.2 Å². The summed E-state index contributed by atoms with van der Waals surface area (Å²) in [7, 11) is 0. The molecule has 4 nitrogen and oxygen atoms in total. The molecular weight excluding hydrogens is 564 g/mol. The van der Waals surface area contributed by atoms with Crippen LogP contribution in [0.4, 0.5) is 11.4 Å². The van der Waals surface area contributed by atoms with Crippen LogP contribution in [0.3, 0.4) is 0 Å². The van der Waals surface area contributed by atoms with Gasteiger partial charge < -0.3 is 10.6 Å². The first-order valence-corrected chi connectivity index (χ1v) is 18.5. The summed E-state index contributed by atoms with van der Waals surface area (Å²) in [5, 5.41) is 6.57. The molecule has 0 saturated heterocycles. The summed E-state index contributed by atoms with van der Waals surface area (Å²) < 4.78 is 0. The van der Waals surface area contributed by atoms with Gasteiger partial charge in [0, 0.05) is 11.8 Å². The standard InChI is InChI=1S/C42H76N2O2/c1-29(25-39(5,6)7)21-23-33(31(3)27-41(11,12)13)37(45)43-35-19-17-18-20-36(35)44-38(46)34(32(4)28-42(14,15)16)24-22-30(2)26-40(8,9)10/h17-20,29-34H,21-28H2,1-16H3,(H,43,45)(H,44,46). The minimum atomic E-state index is -0.0886. The maximum Gasteiger partial charge on any atom is 0.227 e. The lowest BCUT2D eigenvalue weighted by atomic mass is 9.75. The third kappa shape index (κ3) is 17.9. The number of hydrogen-bond donors (Lipinski definition) is 2. The Morgan fingerprint density at radius 2 is 0.783 bits per heavy atom. The van der Waals surface area contributed by atoms with Crippen molar-refractivity contribution in [2.75, 3.05) is 10.6 Å². The van der Waals surface area contributed by atoms with E-state index in [2.05, 4.69) is 121 Å².